The second-order valence-electron chi connectivity index (χ2n) is 5.11. The van der Waals surface area contributed by atoms with E-state index in [-0.39, 0.29) is 0 Å². The van der Waals surface area contributed by atoms with Gasteiger partial charge in [0.15, 0.2) is 0 Å². The van der Waals surface area contributed by atoms with E-state index in [1.165, 1.54) is 43.2 Å². The molecule has 0 heterocycles. The summed E-state index contributed by atoms with van der Waals surface area (Å²) < 4.78 is 0. The normalized spacial score (nSPS) is 24.9. The Morgan fingerprint density at radius 3 is 2.94 bits per heavy atom. The summed E-state index contributed by atoms with van der Waals surface area (Å²) >= 11 is 0. The van der Waals surface area contributed by atoms with Crippen LogP contribution in [0.1, 0.15) is 36.8 Å². The van der Waals surface area contributed by atoms with E-state index in [9.17, 15) is 0 Å². The first kappa shape index (κ1) is 11.7. The highest BCUT2D eigenvalue weighted by molar-refractivity contribution is 5.22. The molecule has 16 heavy (non-hydrogen) atoms. The number of hydrogen-bond donors (Lipinski definition) is 1. The van der Waals surface area contributed by atoms with E-state index in [4.69, 9.17) is 0 Å². The van der Waals surface area contributed by atoms with Gasteiger partial charge in [0.25, 0.3) is 0 Å². The van der Waals surface area contributed by atoms with Gasteiger partial charge in [-0.15, -0.1) is 0 Å². The molecular weight excluding hydrogens is 194 g/mol. The highest BCUT2D eigenvalue weighted by atomic mass is 14.9. The van der Waals surface area contributed by atoms with Crippen molar-refractivity contribution in [3.8, 4) is 0 Å². The van der Waals surface area contributed by atoms with Crippen molar-refractivity contribution < 1.29 is 0 Å². The number of rotatable bonds is 4. The van der Waals surface area contributed by atoms with Gasteiger partial charge in [0.2, 0.25) is 0 Å². The molecule has 1 aliphatic carbocycles. The maximum absolute atomic E-state index is 3.46. The van der Waals surface area contributed by atoms with Gasteiger partial charge in [-0.05, 0) is 51.1 Å². The zero-order valence-electron chi connectivity index (χ0n) is 10.5. The second-order valence-corrected chi connectivity index (χ2v) is 5.11. The van der Waals surface area contributed by atoms with Crippen molar-refractivity contribution in [3.63, 3.8) is 0 Å². The average molecular weight is 217 g/mol. The monoisotopic (exact) mass is 217 g/mol. The zero-order valence-corrected chi connectivity index (χ0v) is 10.5. The molecule has 0 amide bonds. The predicted molar refractivity (Wildman–Crippen MR) is 69.7 cm³/mol. The van der Waals surface area contributed by atoms with Gasteiger partial charge in [-0.2, -0.15) is 0 Å². The van der Waals surface area contributed by atoms with Crippen LogP contribution in [-0.4, -0.2) is 13.1 Å². The lowest BCUT2D eigenvalue weighted by Gasteiger charge is -2.18. The third-order valence-electron chi connectivity index (χ3n) is 3.92. The SMILES string of the molecule is CNC1CCCC1CCc1cccc(C)c1. The van der Waals surface area contributed by atoms with Crippen LogP contribution in [-0.2, 0) is 6.42 Å². The Balaban J connectivity index is 1.87. The van der Waals surface area contributed by atoms with Crippen molar-refractivity contribution in [2.45, 2.75) is 45.1 Å². The molecule has 0 radical (unpaired) electrons. The topological polar surface area (TPSA) is 12.0 Å². The maximum atomic E-state index is 3.46. The van der Waals surface area contributed by atoms with Crippen molar-refractivity contribution in [2.75, 3.05) is 7.05 Å². The van der Waals surface area contributed by atoms with E-state index in [1.54, 1.807) is 0 Å². The molecule has 2 rings (SSSR count). The average Bonchev–Trinajstić information content (AvgIpc) is 2.74. The Bertz CT molecular complexity index is 332. The maximum Gasteiger partial charge on any atom is 0.00924 e. The molecule has 1 nitrogen and oxygen atoms in total. The molecule has 1 aliphatic rings. The fraction of sp³-hybridized carbons (Fsp3) is 0.600. The lowest BCUT2D eigenvalue weighted by molar-refractivity contribution is 0.400. The summed E-state index contributed by atoms with van der Waals surface area (Å²) in [6.07, 6.45) is 6.77. The van der Waals surface area contributed by atoms with Crippen LogP contribution >= 0.6 is 0 Å². The first-order valence-electron chi connectivity index (χ1n) is 6.52. The summed E-state index contributed by atoms with van der Waals surface area (Å²) in [6, 6.07) is 9.70. The second kappa shape index (κ2) is 5.49. The number of nitrogens with one attached hydrogen (secondary N) is 1. The number of aryl methyl sites for hydroxylation is 2. The Kier molecular flexibility index (Phi) is 4.00. The molecule has 2 atom stereocenters. The zero-order chi connectivity index (χ0) is 11.4. The highest BCUT2D eigenvalue weighted by Crippen LogP contribution is 2.29. The van der Waals surface area contributed by atoms with Gasteiger partial charge in [-0.3, -0.25) is 0 Å². The molecule has 0 aromatic heterocycles. The summed E-state index contributed by atoms with van der Waals surface area (Å²) in [5.74, 6) is 0.894. The Labute approximate surface area is 99.3 Å². The van der Waals surface area contributed by atoms with Crippen molar-refractivity contribution in [3.05, 3.63) is 35.4 Å². The minimum Gasteiger partial charge on any atom is -0.317 e. The van der Waals surface area contributed by atoms with Gasteiger partial charge in [0, 0.05) is 6.04 Å². The molecular formula is C15H23N. The van der Waals surface area contributed by atoms with Gasteiger partial charge >= 0.3 is 0 Å². The number of benzene rings is 1. The third kappa shape index (κ3) is 2.85. The first-order valence-corrected chi connectivity index (χ1v) is 6.52. The fourth-order valence-electron chi connectivity index (χ4n) is 2.98. The Morgan fingerprint density at radius 2 is 2.19 bits per heavy atom. The molecule has 1 heteroatoms. The molecule has 2 unspecified atom stereocenters. The summed E-state index contributed by atoms with van der Waals surface area (Å²) in [5.41, 5.74) is 2.89. The van der Waals surface area contributed by atoms with Crippen LogP contribution in [0.2, 0.25) is 0 Å². The minimum atomic E-state index is 0.768. The minimum absolute atomic E-state index is 0.768. The van der Waals surface area contributed by atoms with E-state index in [0.717, 1.165) is 12.0 Å². The van der Waals surface area contributed by atoms with Crippen LogP contribution in [0.3, 0.4) is 0 Å². The van der Waals surface area contributed by atoms with Crippen molar-refractivity contribution in [1.29, 1.82) is 0 Å². The first-order chi connectivity index (χ1) is 7.79. The van der Waals surface area contributed by atoms with Crippen molar-refractivity contribution in [2.24, 2.45) is 5.92 Å². The summed E-state index contributed by atoms with van der Waals surface area (Å²) in [7, 11) is 2.11. The Morgan fingerprint density at radius 1 is 1.31 bits per heavy atom. The molecule has 0 aliphatic heterocycles. The van der Waals surface area contributed by atoms with Crippen LogP contribution in [0, 0.1) is 12.8 Å². The van der Waals surface area contributed by atoms with Crippen molar-refractivity contribution in [1.82, 2.24) is 5.32 Å². The van der Waals surface area contributed by atoms with Gasteiger partial charge in [0.05, 0.1) is 0 Å². The molecule has 1 N–H and O–H groups in total. The van der Waals surface area contributed by atoms with Crippen molar-refractivity contribution >= 4 is 0 Å². The van der Waals surface area contributed by atoms with E-state index >= 15 is 0 Å². The lowest BCUT2D eigenvalue weighted by atomic mass is 9.94. The third-order valence-corrected chi connectivity index (χ3v) is 3.92. The van der Waals surface area contributed by atoms with E-state index in [0.29, 0.717) is 0 Å². The summed E-state index contributed by atoms with van der Waals surface area (Å²) in [5, 5.41) is 3.46. The molecule has 88 valence electrons. The van der Waals surface area contributed by atoms with Gasteiger partial charge < -0.3 is 5.32 Å². The van der Waals surface area contributed by atoms with Crippen LogP contribution in [0.4, 0.5) is 0 Å². The van der Waals surface area contributed by atoms with Crippen LogP contribution in [0.15, 0.2) is 24.3 Å². The quantitative estimate of drug-likeness (QED) is 0.816. The van der Waals surface area contributed by atoms with E-state index in [2.05, 4.69) is 43.6 Å². The molecule has 0 bridgehead atoms. The molecule has 1 aromatic carbocycles. The summed E-state index contributed by atoms with van der Waals surface area (Å²) in [4.78, 5) is 0. The Hall–Kier alpha value is -0.820. The van der Waals surface area contributed by atoms with Gasteiger partial charge in [-0.1, -0.05) is 36.2 Å². The molecule has 0 saturated heterocycles. The molecule has 1 fully saturated rings. The van der Waals surface area contributed by atoms with Crippen LogP contribution in [0.5, 0.6) is 0 Å². The van der Waals surface area contributed by atoms with Gasteiger partial charge in [-0.25, -0.2) is 0 Å². The molecule has 1 aromatic rings. The smallest absolute Gasteiger partial charge is 0.00924 e. The number of hydrogen-bond acceptors (Lipinski definition) is 1. The van der Waals surface area contributed by atoms with Crippen LogP contribution < -0.4 is 5.32 Å². The molecule has 0 spiro atoms. The van der Waals surface area contributed by atoms with E-state index < -0.39 is 0 Å². The molecule has 1 saturated carbocycles. The highest BCUT2D eigenvalue weighted by Gasteiger charge is 2.25. The largest absolute Gasteiger partial charge is 0.317 e. The van der Waals surface area contributed by atoms with E-state index in [1.807, 2.05) is 0 Å². The fourth-order valence-corrected chi connectivity index (χ4v) is 2.98. The van der Waals surface area contributed by atoms with Crippen LogP contribution in [0.25, 0.3) is 0 Å². The predicted octanol–water partition coefficient (Wildman–Crippen LogP) is 3.32. The standard InChI is InChI=1S/C15H23N/c1-12-5-3-6-13(11-12)9-10-14-7-4-8-15(14)16-2/h3,5-6,11,14-16H,4,7-10H2,1-2H3. The summed E-state index contributed by atoms with van der Waals surface area (Å²) in [6.45, 7) is 2.18. The lowest BCUT2D eigenvalue weighted by Crippen LogP contribution is -2.29. The van der Waals surface area contributed by atoms with Gasteiger partial charge in [0.1, 0.15) is 0 Å².